The molecule has 2 aromatic rings. The number of β-amino-alcohol motifs (C(OH)–C–C–N with tert-alkyl or cyclic N) is 1. The van der Waals surface area contributed by atoms with E-state index in [0.29, 0.717) is 19.1 Å². The minimum atomic E-state index is -0.456. The van der Waals surface area contributed by atoms with Gasteiger partial charge in [-0.15, -0.1) is 0 Å². The Morgan fingerprint density at radius 1 is 1.03 bits per heavy atom. The number of aliphatic hydroxyl groups excluding tert-OH is 1. The lowest BCUT2D eigenvalue weighted by atomic mass is 9.95. The van der Waals surface area contributed by atoms with Gasteiger partial charge in [-0.2, -0.15) is 0 Å². The molecule has 0 bridgehead atoms. The van der Waals surface area contributed by atoms with Gasteiger partial charge in [-0.1, -0.05) is 18.2 Å². The Labute approximate surface area is 173 Å². The second kappa shape index (κ2) is 9.67. The highest BCUT2D eigenvalue weighted by Gasteiger charge is 2.28. The molecule has 29 heavy (non-hydrogen) atoms. The van der Waals surface area contributed by atoms with Gasteiger partial charge in [-0.05, 0) is 36.9 Å². The fourth-order valence-corrected chi connectivity index (χ4v) is 4.03. The van der Waals surface area contributed by atoms with Crippen molar-refractivity contribution in [2.45, 2.75) is 18.6 Å². The Balaban J connectivity index is 1.16. The van der Waals surface area contributed by atoms with Gasteiger partial charge in [-0.25, -0.2) is 0 Å². The Hall–Kier alpha value is -1.99. The molecule has 2 saturated heterocycles. The van der Waals surface area contributed by atoms with Crippen LogP contribution in [0.4, 0.5) is 0 Å². The van der Waals surface area contributed by atoms with Crippen LogP contribution in [0.3, 0.4) is 0 Å². The van der Waals surface area contributed by atoms with Crippen molar-refractivity contribution in [1.82, 2.24) is 19.7 Å². The fraction of sp³-hybridized carbons (Fsp3) is 0.522. The molecule has 156 valence electrons. The number of aromatic nitrogens is 1. The van der Waals surface area contributed by atoms with Crippen LogP contribution in [-0.2, 0) is 6.54 Å². The minimum absolute atomic E-state index is 0.337. The summed E-state index contributed by atoms with van der Waals surface area (Å²) in [5.74, 6) is 1.38. The van der Waals surface area contributed by atoms with Crippen LogP contribution in [0.25, 0.3) is 0 Å². The molecule has 0 aliphatic carbocycles. The van der Waals surface area contributed by atoms with Gasteiger partial charge in [0.15, 0.2) is 0 Å². The zero-order chi connectivity index (χ0) is 20.1. The maximum absolute atomic E-state index is 10.3. The van der Waals surface area contributed by atoms with Crippen molar-refractivity contribution in [2.75, 3.05) is 59.5 Å². The molecule has 1 aromatic carbocycles. The van der Waals surface area contributed by atoms with Crippen LogP contribution < -0.4 is 4.74 Å². The maximum Gasteiger partial charge on any atom is 0.119 e. The molecule has 4 rings (SSSR count). The molecule has 0 radical (unpaired) electrons. The zero-order valence-corrected chi connectivity index (χ0v) is 17.3. The van der Waals surface area contributed by atoms with Crippen LogP contribution in [-0.4, -0.2) is 90.4 Å². The summed E-state index contributed by atoms with van der Waals surface area (Å²) < 4.78 is 5.80. The first-order valence-electron chi connectivity index (χ1n) is 10.6. The van der Waals surface area contributed by atoms with E-state index in [1.807, 2.05) is 24.4 Å². The Morgan fingerprint density at radius 3 is 2.48 bits per heavy atom. The van der Waals surface area contributed by atoms with E-state index in [9.17, 15) is 5.11 Å². The quantitative estimate of drug-likeness (QED) is 0.733. The summed E-state index contributed by atoms with van der Waals surface area (Å²) in [5, 5.41) is 10.3. The van der Waals surface area contributed by atoms with Gasteiger partial charge in [0, 0.05) is 70.2 Å². The molecular formula is C23H32N4O2. The minimum Gasteiger partial charge on any atom is -0.491 e. The van der Waals surface area contributed by atoms with E-state index in [1.165, 1.54) is 11.3 Å². The monoisotopic (exact) mass is 396 g/mol. The van der Waals surface area contributed by atoms with Crippen LogP contribution in [0.15, 0.2) is 48.7 Å². The number of aliphatic hydroxyl groups is 1. The average Bonchev–Trinajstić information content (AvgIpc) is 2.72. The standard InChI is InChI=1S/C23H32N4O2/c1-25-10-12-26(13-11-25)17-21(28)18-29-22-7-5-19(6-8-22)14-27-15-20(16-27)23-4-2-3-9-24-23/h2-9,20-21,28H,10-18H2,1H3/t21-/m1/s1. The topological polar surface area (TPSA) is 52.1 Å². The van der Waals surface area contributed by atoms with Gasteiger partial charge in [0.05, 0.1) is 0 Å². The van der Waals surface area contributed by atoms with Crippen molar-refractivity contribution in [3.63, 3.8) is 0 Å². The fourth-order valence-electron chi connectivity index (χ4n) is 4.03. The van der Waals surface area contributed by atoms with Gasteiger partial charge in [-0.3, -0.25) is 14.8 Å². The second-order valence-electron chi connectivity index (χ2n) is 8.36. The van der Waals surface area contributed by atoms with Gasteiger partial charge in [0.1, 0.15) is 18.5 Å². The summed E-state index contributed by atoms with van der Waals surface area (Å²) in [5.41, 5.74) is 2.48. The highest BCUT2D eigenvalue weighted by Crippen LogP contribution is 2.27. The van der Waals surface area contributed by atoms with Crippen molar-refractivity contribution in [3.8, 4) is 5.75 Å². The molecule has 2 aliphatic rings. The Kier molecular flexibility index (Phi) is 6.77. The normalized spacial score (nSPS) is 20.3. The third-order valence-electron chi connectivity index (χ3n) is 5.90. The lowest BCUT2D eigenvalue weighted by Gasteiger charge is -2.39. The molecule has 0 spiro atoms. The first-order chi connectivity index (χ1) is 14.2. The summed E-state index contributed by atoms with van der Waals surface area (Å²) in [7, 11) is 2.14. The largest absolute Gasteiger partial charge is 0.491 e. The second-order valence-corrected chi connectivity index (χ2v) is 8.36. The lowest BCUT2D eigenvalue weighted by Crippen LogP contribution is -2.47. The van der Waals surface area contributed by atoms with Crippen LogP contribution in [0.5, 0.6) is 5.75 Å². The summed E-state index contributed by atoms with van der Waals surface area (Å²) in [6.45, 7) is 8.25. The van der Waals surface area contributed by atoms with Crippen LogP contribution in [0.1, 0.15) is 17.2 Å². The predicted octanol–water partition coefficient (Wildman–Crippen LogP) is 1.67. The smallest absolute Gasteiger partial charge is 0.119 e. The summed E-state index contributed by atoms with van der Waals surface area (Å²) >= 11 is 0. The SMILES string of the molecule is CN1CCN(C[C@@H](O)COc2ccc(CN3CC(c4ccccn4)C3)cc2)CC1. The predicted molar refractivity (Wildman–Crippen MR) is 114 cm³/mol. The molecule has 2 fully saturated rings. The van der Waals surface area contributed by atoms with Crippen molar-refractivity contribution < 1.29 is 9.84 Å². The van der Waals surface area contributed by atoms with E-state index in [1.54, 1.807) is 0 Å². The van der Waals surface area contributed by atoms with E-state index in [0.717, 1.165) is 51.6 Å². The lowest BCUT2D eigenvalue weighted by molar-refractivity contribution is 0.0504. The number of benzene rings is 1. The van der Waals surface area contributed by atoms with E-state index in [2.05, 4.69) is 51.0 Å². The number of rotatable bonds is 8. The number of pyridine rings is 1. The third kappa shape index (κ3) is 5.76. The van der Waals surface area contributed by atoms with E-state index in [4.69, 9.17) is 4.74 Å². The molecule has 0 saturated carbocycles. The molecule has 6 heteroatoms. The summed E-state index contributed by atoms with van der Waals surface area (Å²) in [4.78, 5) is 11.5. The highest BCUT2D eigenvalue weighted by molar-refractivity contribution is 5.27. The molecule has 6 nitrogen and oxygen atoms in total. The molecule has 1 atom stereocenters. The van der Waals surface area contributed by atoms with Crippen molar-refractivity contribution in [2.24, 2.45) is 0 Å². The van der Waals surface area contributed by atoms with Crippen molar-refractivity contribution in [3.05, 3.63) is 59.9 Å². The van der Waals surface area contributed by atoms with Crippen molar-refractivity contribution >= 4 is 0 Å². The van der Waals surface area contributed by atoms with Crippen molar-refractivity contribution in [1.29, 1.82) is 0 Å². The number of piperazine rings is 1. The number of likely N-dealkylation sites (N-methyl/N-ethyl adjacent to an activating group) is 1. The van der Waals surface area contributed by atoms with Gasteiger partial charge in [0.2, 0.25) is 0 Å². The molecule has 3 heterocycles. The zero-order valence-electron chi connectivity index (χ0n) is 17.3. The third-order valence-corrected chi connectivity index (χ3v) is 5.90. The number of hydrogen-bond acceptors (Lipinski definition) is 6. The number of hydrogen-bond donors (Lipinski definition) is 1. The number of ether oxygens (including phenoxy) is 1. The molecule has 0 unspecified atom stereocenters. The summed E-state index contributed by atoms with van der Waals surface area (Å²) in [6, 6.07) is 14.4. The van der Waals surface area contributed by atoms with Gasteiger partial charge < -0.3 is 14.7 Å². The van der Waals surface area contributed by atoms with E-state index in [-0.39, 0.29) is 0 Å². The number of likely N-dealkylation sites (tertiary alicyclic amines) is 1. The van der Waals surface area contributed by atoms with Gasteiger partial charge in [0.25, 0.3) is 0 Å². The van der Waals surface area contributed by atoms with Crippen LogP contribution in [0.2, 0.25) is 0 Å². The highest BCUT2D eigenvalue weighted by atomic mass is 16.5. The molecule has 1 aromatic heterocycles. The Bertz CT molecular complexity index is 741. The van der Waals surface area contributed by atoms with Crippen LogP contribution >= 0.6 is 0 Å². The Morgan fingerprint density at radius 2 is 1.79 bits per heavy atom. The molecule has 0 amide bonds. The van der Waals surface area contributed by atoms with E-state index < -0.39 is 6.10 Å². The van der Waals surface area contributed by atoms with Gasteiger partial charge >= 0.3 is 0 Å². The summed E-state index contributed by atoms with van der Waals surface area (Å²) in [6.07, 6.45) is 1.42. The molecular weight excluding hydrogens is 364 g/mol. The van der Waals surface area contributed by atoms with Crippen LogP contribution in [0, 0.1) is 0 Å². The molecule has 2 aliphatic heterocycles. The van der Waals surface area contributed by atoms with E-state index >= 15 is 0 Å². The number of nitrogens with zero attached hydrogens (tertiary/aromatic N) is 4. The first-order valence-corrected chi connectivity index (χ1v) is 10.6. The average molecular weight is 397 g/mol. The first kappa shape index (κ1) is 20.3. The maximum atomic E-state index is 10.3. The molecule has 1 N–H and O–H groups in total.